The van der Waals surface area contributed by atoms with E-state index in [1.165, 1.54) is 60.7 Å². The van der Waals surface area contributed by atoms with Crippen LogP contribution in [-0.4, -0.2) is 55.0 Å². The maximum Gasteiger partial charge on any atom is 0.343 e. The van der Waals surface area contributed by atoms with Gasteiger partial charge >= 0.3 is 29.8 Å². The zero-order valence-corrected chi connectivity index (χ0v) is 27.4. The molecule has 0 unspecified atom stereocenters. The van der Waals surface area contributed by atoms with E-state index in [0.717, 1.165) is 0 Å². The Labute approximate surface area is 297 Å². The predicted octanol–water partition coefficient (Wildman–Crippen LogP) is 6.58. The molecule has 0 spiro atoms. The Bertz CT molecular complexity index is 2050. The van der Waals surface area contributed by atoms with E-state index in [2.05, 4.69) is 0 Å². The Morgan fingerprint density at radius 2 is 0.808 bits per heavy atom. The second-order valence-corrected chi connectivity index (χ2v) is 11.2. The van der Waals surface area contributed by atoms with Gasteiger partial charge in [0.2, 0.25) is 12.2 Å². The van der Waals surface area contributed by atoms with E-state index in [4.69, 9.17) is 28.4 Å². The van der Waals surface area contributed by atoms with Crippen LogP contribution in [-0.2, 0) is 28.4 Å². The molecule has 260 valence electrons. The Morgan fingerprint density at radius 1 is 0.442 bits per heavy atom. The second kappa shape index (κ2) is 16.6. The van der Waals surface area contributed by atoms with E-state index in [1.807, 2.05) is 0 Å². The van der Waals surface area contributed by atoms with Gasteiger partial charge in [0.05, 0.1) is 27.8 Å². The number of hydrogen-bond donors (Lipinski definition) is 0. The van der Waals surface area contributed by atoms with Gasteiger partial charge in [-0.15, -0.1) is 0 Å². The Kier molecular flexibility index (Phi) is 11.1. The van der Waals surface area contributed by atoms with Crippen LogP contribution in [0.4, 0.5) is 0 Å². The maximum atomic E-state index is 13.7. The van der Waals surface area contributed by atoms with Crippen LogP contribution in [0.5, 0.6) is 0 Å². The molecule has 1 aliphatic heterocycles. The largest absolute Gasteiger partial charge is 0.454 e. The number of benzene rings is 5. The molecule has 0 N–H and O–H groups in total. The van der Waals surface area contributed by atoms with Gasteiger partial charge in [0.1, 0.15) is 0 Å². The van der Waals surface area contributed by atoms with Crippen molar-refractivity contribution in [3.8, 4) is 0 Å². The van der Waals surface area contributed by atoms with Crippen LogP contribution in [0.1, 0.15) is 51.8 Å². The van der Waals surface area contributed by atoms with Crippen molar-refractivity contribution in [1.29, 1.82) is 0 Å². The third-order valence-electron chi connectivity index (χ3n) is 7.64. The number of rotatable bonds is 11. The molecule has 0 aliphatic carbocycles. The summed E-state index contributed by atoms with van der Waals surface area (Å²) in [5.74, 6) is -5.17. The minimum absolute atomic E-state index is 0.103. The summed E-state index contributed by atoms with van der Waals surface area (Å²) in [5, 5.41) is 0. The number of ether oxygens (including phenoxy) is 6. The molecule has 0 saturated carbocycles. The molecular weight excluding hydrogens is 668 g/mol. The quantitative estimate of drug-likeness (QED) is 0.109. The van der Waals surface area contributed by atoms with E-state index in [-0.39, 0.29) is 33.6 Å². The van der Waals surface area contributed by atoms with Gasteiger partial charge in [-0.1, -0.05) is 91.0 Å². The molecule has 0 saturated heterocycles. The summed E-state index contributed by atoms with van der Waals surface area (Å²) in [7, 11) is 0. The molecule has 0 aromatic heterocycles. The number of esters is 5. The molecule has 3 atom stereocenters. The molecule has 1 heterocycles. The lowest BCUT2D eigenvalue weighted by Crippen LogP contribution is -2.52. The standard InChI is InChI=1S/C41H30O11/c42-36(27-16-6-1-7-17-27)47-26-32-33(49-37(43)28-18-8-2-9-19-28)34(50-38(44)29-20-10-3-11-21-29)35(51-39(45)30-22-12-4-13-23-30)41(48-32)52-40(46)31-24-14-5-15-25-31/h1-25,34-35,41H,26H2/t34-,35+,41-/m0/s1. The van der Waals surface area contributed by atoms with Crippen LogP contribution in [0.3, 0.4) is 0 Å². The molecule has 5 aromatic rings. The fourth-order valence-corrected chi connectivity index (χ4v) is 5.06. The third-order valence-corrected chi connectivity index (χ3v) is 7.64. The molecule has 11 heteroatoms. The fraction of sp³-hybridized carbons (Fsp3) is 0.0976. The molecule has 52 heavy (non-hydrogen) atoms. The minimum atomic E-state index is -1.81. The van der Waals surface area contributed by atoms with Crippen molar-refractivity contribution in [1.82, 2.24) is 0 Å². The second-order valence-electron chi connectivity index (χ2n) is 11.2. The zero-order chi connectivity index (χ0) is 36.3. The van der Waals surface area contributed by atoms with Gasteiger partial charge in [0.25, 0.3) is 6.29 Å². The molecule has 0 amide bonds. The minimum Gasteiger partial charge on any atom is -0.454 e. The zero-order valence-electron chi connectivity index (χ0n) is 27.4. The molecule has 6 rings (SSSR count). The molecule has 0 radical (unpaired) electrons. The Morgan fingerprint density at radius 3 is 1.25 bits per heavy atom. The molecule has 1 aliphatic rings. The van der Waals surface area contributed by atoms with Crippen LogP contribution in [0.25, 0.3) is 0 Å². The normalized spacial score (nSPS) is 16.4. The molecule has 0 bridgehead atoms. The van der Waals surface area contributed by atoms with Crippen LogP contribution < -0.4 is 0 Å². The van der Waals surface area contributed by atoms with Crippen molar-refractivity contribution >= 4 is 29.8 Å². The lowest BCUT2D eigenvalue weighted by Gasteiger charge is -2.37. The smallest absolute Gasteiger partial charge is 0.343 e. The Balaban J connectivity index is 1.45. The lowest BCUT2D eigenvalue weighted by atomic mass is 10.1. The van der Waals surface area contributed by atoms with Gasteiger partial charge in [0, 0.05) is 0 Å². The summed E-state index contributed by atoms with van der Waals surface area (Å²) < 4.78 is 35.1. The highest BCUT2D eigenvalue weighted by atomic mass is 16.7. The highest BCUT2D eigenvalue weighted by Crippen LogP contribution is 2.34. The number of carbonyl (C=O) groups is 5. The average molecular weight is 699 g/mol. The third kappa shape index (κ3) is 8.58. The van der Waals surface area contributed by atoms with E-state index >= 15 is 0 Å². The van der Waals surface area contributed by atoms with Gasteiger partial charge in [-0.3, -0.25) is 0 Å². The van der Waals surface area contributed by atoms with Crippen LogP contribution in [0, 0.1) is 0 Å². The summed E-state index contributed by atoms with van der Waals surface area (Å²) in [4.78, 5) is 67.3. The first-order valence-corrected chi connectivity index (χ1v) is 16.0. The fourth-order valence-electron chi connectivity index (χ4n) is 5.06. The van der Waals surface area contributed by atoms with Crippen molar-refractivity contribution < 1.29 is 52.4 Å². The van der Waals surface area contributed by atoms with Crippen LogP contribution in [0.2, 0.25) is 0 Å². The number of carbonyl (C=O) groups excluding carboxylic acids is 5. The van der Waals surface area contributed by atoms with Gasteiger partial charge in [-0.05, 0) is 60.7 Å². The van der Waals surface area contributed by atoms with Crippen molar-refractivity contribution in [2.75, 3.05) is 6.61 Å². The van der Waals surface area contributed by atoms with Crippen LogP contribution in [0.15, 0.2) is 163 Å². The lowest BCUT2D eigenvalue weighted by molar-refractivity contribution is -0.194. The monoisotopic (exact) mass is 698 g/mol. The number of hydrogen-bond acceptors (Lipinski definition) is 11. The van der Waals surface area contributed by atoms with E-state index < -0.39 is 60.7 Å². The van der Waals surface area contributed by atoms with Crippen molar-refractivity contribution in [3.05, 3.63) is 191 Å². The first-order chi connectivity index (χ1) is 25.4. The van der Waals surface area contributed by atoms with Crippen molar-refractivity contribution in [2.24, 2.45) is 0 Å². The first kappa shape index (κ1) is 34.8. The van der Waals surface area contributed by atoms with Gasteiger partial charge in [-0.2, -0.15) is 0 Å². The summed E-state index contributed by atoms with van der Waals surface area (Å²) in [6.07, 6.45) is -5.33. The summed E-state index contributed by atoms with van der Waals surface area (Å²) in [5.41, 5.74) is 0.651. The van der Waals surface area contributed by atoms with E-state index in [9.17, 15) is 24.0 Å². The van der Waals surface area contributed by atoms with E-state index in [1.54, 1.807) is 91.0 Å². The first-order valence-electron chi connectivity index (χ1n) is 16.0. The van der Waals surface area contributed by atoms with Crippen molar-refractivity contribution in [3.63, 3.8) is 0 Å². The SMILES string of the molecule is O=C(OCC1=C(OC(=O)c2ccccc2)[C@H](OC(=O)c2ccccc2)[C@@H](OC(=O)c2ccccc2)[C@H](OC(=O)c2ccccc2)O1)c1ccccc1. The average Bonchev–Trinajstić information content (AvgIpc) is 3.20. The van der Waals surface area contributed by atoms with Gasteiger partial charge < -0.3 is 28.4 Å². The molecular formula is C41H30O11. The molecule has 5 aromatic carbocycles. The topological polar surface area (TPSA) is 141 Å². The molecule has 0 fully saturated rings. The Hall–Kier alpha value is -7.01. The van der Waals surface area contributed by atoms with Crippen molar-refractivity contribution in [2.45, 2.75) is 18.5 Å². The predicted molar refractivity (Wildman–Crippen MR) is 184 cm³/mol. The molecule has 11 nitrogen and oxygen atoms in total. The highest BCUT2D eigenvalue weighted by Gasteiger charge is 2.50. The van der Waals surface area contributed by atoms with E-state index in [0.29, 0.717) is 0 Å². The van der Waals surface area contributed by atoms with Gasteiger partial charge in [-0.25, -0.2) is 24.0 Å². The maximum absolute atomic E-state index is 13.7. The highest BCUT2D eigenvalue weighted by molar-refractivity contribution is 5.92. The summed E-state index contributed by atoms with van der Waals surface area (Å²) >= 11 is 0. The summed E-state index contributed by atoms with van der Waals surface area (Å²) in [6.45, 7) is -0.677. The van der Waals surface area contributed by atoms with Crippen LogP contribution >= 0.6 is 0 Å². The summed E-state index contributed by atoms with van der Waals surface area (Å²) in [6, 6.07) is 39.7. The van der Waals surface area contributed by atoms with Gasteiger partial charge in [0.15, 0.2) is 18.1 Å².